The van der Waals surface area contributed by atoms with Crippen LogP contribution in [-0.4, -0.2) is 66.2 Å². The van der Waals surface area contributed by atoms with E-state index in [4.69, 9.17) is 9.72 Å². The number of fused-ring (bicyclic) bond motifs is 2. The Kier molecular flexibility index (Phi) is 9.36. The van der Waals surface area contributed by atoms with Crippen LogP contribution in [0.4, 0.5) is 14.5 Å². The summed E-state index contributed by atoms with van der Waals surface area (Å²) in [5.41, 5.74) is 3.68. The number of aromatic nitrogens is 2. The minimum Gasteiger partial charge on any atom is -0.481 e. The van der Waals surface area contributed by atoms with E-state index >= 15 is 0 Å². The average Bonchev–Trinajstić information content (AvgIpc) is 3.00. The number of pyridine rings is 2. The predicted octanol–water partition coefficient (Wildman–Crippen LogP) is 4.98. The number of halogens is 2. The molecule has 222 valence electrons. The number of hydrogen-bond acceptors (Lipinski definition) is 7. The van der Waals surface area contributed by atoms with E-state index in [2.05, 4.69) is 15.2 Å². The highest BCUT2D eigenvalue weighted by Gasteiger charge is 2.47. The highest BCUT2D eigenvalue weighted by Crippen LogP contribution is 2.47. The van der Waals surface area contributed by atoms with Gasteiger partial charge in [-0.3, -0.25) is 4.98 Å². The van der Waals surface area contributed by atoms with Gasteiger partial charge in [-0.15, -0.1) is 0 Å². The Morgan fingerprint density at radius 3 is 2.78 bits per heavy atom. The summed E-state index contributed by atoms with van der Waals surface area (Å²) in [6.07, 6.45) is 7.59. The van der Waals surface area contributed by atoms with Gasteiger partial charge in [0.25, 0.3) is 0 Å². The lowest BCUT2D eigenvalue weighted by molar-refractivity contribution is 0.00144. The quantitative estimate of drug-likeness (QED) is 0.301. The van der Waals surface area contributed by atoms with Crippen molar-refractivity contribution >= 4 is 16.7 Å². The number of benzene rings is 1. The van der Waals surface area contributed by atoms with Gasteiger partial charge < -0.3 is 25.2 Å². The van der Waals surface area contributed by atoms with Gasteiger partial charge in [-0.2, -0.15) is 0 Å². The molecule has 0 amide bonds. The van der Waals surface area contributed by atoms with Gasteiger partial charge in [0.15, 0.2) is 0 Å². The normalized spacial score (nSPS) is 23.4. The monoisotopic (exact) mass is 568 g/mol. The number of piperidine rings is 1. The van der Waals surface area contributed by atoms with Crippen molar-refractivity contribution in [2.75, 3.05) is 44.9 Å². The molecule has 3 aromatic rings. The standard InChI is InChI=1S/C32H42F2N4O3/c1-3-21(26-18-24(33)4-5-27(26)34)7-12-35-25-6-11-32(20-40)19-38(14-9-23(32)17-25)28-8-13-36-30-22(10-15-39)16-29(41-2)37-31(28)30/h4-5,8,13,16,18,21,23,25,35,39-40H,3,6-7,9-12,14-15,17,19-20H2,1-2H3/t21?,23-,25-,32+/m0/s1. The van der Waals surface area contributed by atoms with Crippen molar-refractivity contribution in [2.24, 2.45) is 11.3 Å². The number of rotatable bonds is 11. The van der Waals surface area contributed by atoms with Gasteiger partial charge in [-0.25, -0.2) is 13.8 Å². The Balaban J connectivity index is 1.26. The summed E-state index contributed by atoms with van der Waals surface area (Å²) in [7, 11) is 1.59. The average molecular weight is 569 g/mol. The molecule has 0 spiro atoms. The summed E-state index contributed by atoms with van der Waals surface area (Å²) < 4.78 is 33.6. The van der Waals surface area contributed by atoms with Gasteiger partial charge in [0.1, 0.15) is 17.2 Å². The molecule has 0 bridgehead atoms. The Morgan fingerprint density at radius 1 is 1.17 bits per heavy atom. The van der Waals surface area contributed by atoms with Crippen LogP contribution in [-0.2, 0) is 6.42 Å². The van der Waals surface area contributed by atoms with Crippen LogP contribution in [0.1, 0.15) is 62.5 Å². The Hall–Kier alpha value is -2.88. The van der Waals surface area contributed by atoms with E-state index in [0.29, 0.717) is 29.8 Å². The molecule has 2 aliphatic rings. The summed E-state index contributed by atoms with van der Waals surface area (Å²) in [5.74, 6) is 0.127. The molecule has 0 radical (unpaired) electrons. The molecule has 1 aromatic carbocycles. The molecule has 1 saturated carbocycles. The highest BCUT2D eigenvalue weighted by molar-refractivity contribution is 5.90. The summed E-state index contributed by atoms with van der Waals surface area (Å²) >= 11 is 0. The topological polar surface area (TPSA) is 90.7 Å². The number of aliphatic hydroxyl groups excluding tert-OH is 2. The zero-order valence-corrected chi connectivity index (χ0v) is 24.1. The van der Waals surface area contributed by atoms with Crippen LogP contribution in [0.3, 0.4) is 0 Å². The van der Waals surface area contributed by atoms with Crippen LogP contribution in [0.25, 0.3) is 11.0 Å². The summed E-state index contributed by atoms with van der Waals surface area (Å²) in [4.78, 5) is 11.7. The first-order valence-electron chi connectivity index (χ1n) is 14.9. The Labute approximate surface area is 241 Å². The molecule has 1 unspecified atom stereocenters. The fraction of sp³-hybridized carbons (Fsp3) is 0.562. The lowest BCUT2D eigenvalue weighted by atomic mass is 9.62. The van der Waals surface area contributed by atoms with Crippen molar-refractivity contribution in [1.29, 1.82) is 0 Å². The van der Waals surface area contributed by atoms with E-state index in [-0.39, 0.29) is 30.4 Å². The molecular weight excluding hydrogens is 526 g/mol. The number of ether oxygens (including phenoxy) is 1. The van der Waals surface area contributed by atoms with Crippen LogP contribution in [0.2, 0.25) is 0 Å². The molecule has 9 heteroatoms. The van der Waals surface area contributed by atoms with E-state index in [1.807, 2.05) is 19.1 Å². The van der Waals surface area contributed by atoms with E-state index in [0.717, 1.165) is 80.4 Å². The summed E-state index contributed by atoms with van der Waals surface area (Å²) in [5, 5.41) is 24.0. The SMILES string of the molecule is CCC(CCN[C@H]1CC[C@]2(CO)CN(c3ccnc4c(CCO)cc(OC)nc34)CC[C@H]2C1)c1cc(F)ccc1F. The molecule has 5 rings (SSSR count). The van der Waals surface area contributed by atoms with Crippen LogP contribution in [0.5, 0.6) is 5.88 Å². The Bertz CT molecular complexity index is 1340. The first-order valence-corrected chi connectivity index (χ1v) is 14.9. The molecule has 3 heterocycles. The van der Waals surface area contributed by atoms with Crippen LogP contribution in [0.15, 0.2) is 36.5 Å². The summed E-state index contributed by atoms with van der Waals surface area (Å²) in [6, 6.07) is 7.89. The maximum Gasteiger partial charge on any atom is 0.213 e. The van der Waals surface area contributed by atoms with Crippen molar-refractivity contribution in [3.05, 3.63) is 59.3 Å². The third-order valence-corrected chi connectivity index (χ3v) is 9.47. The van der Waals surface area contributed by atoms with Gasteiger partial charge in [0, 0.05) is 43.4 Å². The van der Waals surface area contributed by atoms with Gasteiger partial charge in [0.05, 0.1) is 24.9 Å². The maximum absolute atomic E-state index is 14.3. The second-order valence-corrected chi connectivity index (χ2v) is 11.7. The molecule has 1 saturated heterocycles. The lowest BCUT2D eigenvalue weighted by Gasteiger charge is -2.52. The predicted molar refractivity (Wildman–Crippen MR) is 156 cm³/mol. The van der Waals surface area contributed by atoms with Gasteiger partial charge in [-0.05, 0) is 98.7 Å². The zero-order chi connectivity index (χ0) is 29.0. The molecule has 3 N–H and O–H groups in total. The van der Waals surface area contributed by atoms with Gasteiger partial charge in [-0.1, -0.05) is 6.92 Å². The minimum absolute atomic E-state index is 0.0171. The largest absolute Gasteiger partial charge is 0.481 e. The number of aliphatic hydroxyl groups is 2. The van der Waals surface area contributed by atoms with Gasteiger partial charge >= 0.3 is 0 Å². The van der Waals surface area contributed by atoms with Crippen LogP contribution in [0, 0.1) is 23.0 Å². The number of nitrogens with zero attached hydrogens (tertiary/aromatic N) is 3. The first-order chi connectivity index (χ1) is 19.9. The second-order valence-electron chi connectivity index (χ2n) is 11.7. The molecule has 1 aliphatic heterocycles. The second kappa shape index (κ2) is 13.0. The third-order valence-electron chi connectivity index (χ3n) is 9.47. The fourth-order valence-electron chi connectivity index (χ4n) is 7.12. The fourth-order valence-corrected chi connectivity index (χ4v) is 7.12. The number of nitrogens with one attached hydrogen (secondary N) is 1. The number of anilines is 1. The maximum atomic E-state index is 14.3. The van der Waals surface area contributed by atoms with E-state index in [1.165, 1.54) is 18.2 Å². The zero-order valence-electron chi connectivity index (χ0n) is 24.1. The van der Waals surface area contributed by atoms with Gasteiger partial charge in [0.2, 0.25) is 5.88 Å². The molecule has 7 nitrogen and oxygen atoms in total. The van der Waals surface area contributed by atoms with E-state index < -0.39 is 5.82 Å². The minimum atomic E-state index is -0.396. The lowest BCUT2D eigenvalue weighted by Crippen LogP contribution is -2.55. The molecule has 1 aliphatic carbocycles. The smallest absolute Gasteiger partial charge is 0.213 e. The molecule has 2 fully saturated rings. The van der Waals surface area contributed by atoms with E-state index in [1.54, 1.807) is 13.3 Å². The van der Waals surface area contributed by atoms with Crippen molar-refractivity contribution < 1.29 is 23.7 Å². The highest BCUT2D eigenvalue weighted by atomic mass is 19.1. The molecule has 4 atom stereocenters. The van der Waals surface area contributed by atoms with Crippen molar-refractivity contribution in [3.63, 3.8) is 0 Å². The first kappa shape index (κ1) is 29.6. The van der Waals surface area contributed by atoms with Crippen molar-refractivity contribution in [2.45, 2.75) is 63.8 Å². The molecule has 41 heavy (non-hydrogen) atoms. The van der Waals surface area contributed by atoms with E-state index in [9.17, 15) is 19.0 Å². The van der Waals surface area contributed by atoms with Crippen LogP contribution < -0.4 is 15.0 Å². The van der Waals surface area contributed by atoms with Crippen LogP contribution >= 0.6 is 0 Å². The Morgan fingerprint density at radius 2 is 2.02 bits per heavy atom. The number of hydrogen-bond donors (Lipinski definition) is 3. The molecular formula is C32H42F2N4O3. The number of methoxy groups -OCH3 is 1. The third kappa shape index (κ3) is 6.17. The summed E-state index contributed by atoms with van der Waals surface area (Å²) in [6.45, 7) is 4.51. The van der Waals surface area contributed by atoms with Crippen molar-refractivity contribution in [1.82, 2.24) is 15.3 Å². The van der Waals surface area contributed by atoms with Crippen molar-refractivity contribution in [3.8, 4) is 5.88 Å². The molecule has 2 aromatic heterocycles.